The van der Waals surface area contributed by atoms with E-state index in [0.717, 1.165) is 62.1 Å². The van der Waals surface area contributed by atoms with E-state index in [-0.39, 0.29) is 0 Å². The summed E-state index contributed by atoms with van der Waals surface area (Å²) >= 11 is 0. The van der Waals surface area contributed by atoms with Crippen LogP contribution in [0.1, 0.15) is 62.5 Å². The first kappa shape index (κ1) is 26.2. The van der Waals surface area contributed by atoms with E-state index >= 15 is 0 Å². The molecule has 0 aliphatic rings. The number of hydrogen-bond acceptors (Lipinski definition) is 3. The molecule has 0 aliphatic heterocycles. The van der Waals surface area contributed by atoms with Gasteiger partial charge in [0.05, 0.1) is 11.0 Å². The number of benzene rings is 4. The maximum atomic E-state index is 4.94. The summed E-state index contributed by atoms with van der Waals surface area (Å²) in [6, 6.07) is 20.0. The van der Waals surface area contributed by atoms with Crippen molar-refractivity contribution >= 4 is 44.5 Å². The van der Waals surface area contributed by atoms with Crippen LogP contribution in [0.5, 0.6) is 0 Å². The van der Waals surface area contributed by atoms with Gasteiger partial charge in [0.15, 0.2) is 0 Å². The van der Waals surface area contributed by atoms with Crippen LogP contribution in [-0.4, -0.2) is 16.2 Å². The summed E-state index contributed by atoms with van der Waals surface area (Å²) in [5, 5.41) is 8.15. The molecule has 0 saturated heterocycles. The van der Waals surface area contributed by atoms with Gasteiger partial charge in [0.2, 0.25) is 0 Å². The van der Waals surface area contributed by atoms with Gasteiger partial charge >= 0.3 is 0 Å². The quantitative estimate of drug-likeness (QED) is 0.203. The topological polar surface area (TPSA) is 53.1 Å². The molecule has 0 spiro atoms. The molecule has 1 aromatic heterocycles. The molecule has 196 valence electrons. The molecule has 0 amide bonds. The van der Waals surface area contributed by atoms with Crippen molar-refractivity contribution in [3.05, 3.63) is 108 Å². The Morgan fingerprint density at radius 2 is 1.74 bits per heavy atom. The maximum absolute atomic E-state index is 4.94. The van der Waals surface area contributed by atoms with Gasteiger partial charge in [-0.3, -0.25) is 4.99 Å². The number of fused-ring (bicyclic) bond motifs is 4. The van der Waals surface area contributed by atoms with Crippen molar-refractivity contribution in [2.45, 2.75) is 47.0 Å². The first-order valence-electron chi connectivity index (χ1n) is 13.6. The van der Waals surface area contributed by atoms with Gasteiger partial charge in [-0.15, -0.1) is 0 Å². The van der Waals surface area contributed by atoms with Crippen molar-refractivity contribution in [3.8, 4) is 11.1 Å². The Hall–Kier alpha value is -4.44. The number of rotatable bonds is 8. The Kier molecular flexibility index (Phi) is 7.21. The molecule has 0 aliphatic carbocycles. The van der Waals surface area contributed by atoms with Crippen LogP contribution in [0.25, 0.3) is 49.4 Å². The van der Waals surface area contributed by atoms with Crippen molar-refractivity contribution < 1.29 is 0 Å². The third kappa shape index (κ3) is 4.90. The molecule has 5 rings (SSSR count). The van der Waals surface area contributed by atoms with Gasteiger partial charge in [-0.05, 0) is 76.9 Å². The summed E-state index contributed by atoms with van der Waals surface area (Å²) < 4.78 is 0. The van der Waals surface area contributed by atoms with E-state index in [9.17, 15) is 0 Å². The zero-order valence-corrected chi connectivity index (χ0v) is 23.5. The molecule has 1 heterocycles. The van der Waals surface area contributed by atoms with Gasteiger partial charge < -0.3 is 10.3 Å². The predicted octanol–water partition coefficient (Wildman–Crippen LogP) is 9.40. The van der Waals surface area contributed by atoms with E-state index in [1.165, 1.54) is 21.9 Å². The predicted molar refractivity (Wildman–Crippen MR) is 169 cm³/mol. The lowest BCUT2D eigenvalue weighted by molar-refractivity contribution is 0.799. The minimum absolute atomic E-state index is 0.319. The van der Waals surface area contributed by atoms with Crippen molar-refractivity contribution in [1.29, 1.82) is 0 Å². The number of nitrogens with zero attached hydrogens (tertiary/aromatic N) is 2. The van der Waals surface area contributed by atoms with Gasteiger partial charge in [-0.2, -0.15) is 0 Å². The lowest BCUT2D eigenvalue weighted by atomic mass is 9.93. The molecule has 4 nitrogen and oxygen atoms in total. The number of H-pyrrole nitrogens is 1. The standard InChI is InChI=1S/C35H36N4/c1-8-22(6)37-32(9-2)28-14-13-24-17-25(11-12-26(24)18-28)27-15-16-29-30(19-27)31(20-36-10-3)23(7)33-34(29)39-35(38-33)21(4)5/h9-21,37H,3,6,8H2,1-2,4-5,7H3,(H,38,39)/b32-9-,36-20?. The zero-order chi connectivity index (χ0) is 27.7. The summed E-state index contributed by atoms with van der Waals surface area (Å²) in [4.78, 5) is 12.9. The number of aromatic amines is 1. The van der Waals surface area contributed by atoms with Gasteiger partial charge in [-0.1, -0.05) is 76.4 Å². The van der Waals surface area contributed by atoms with E-state index < -0.39 is 0 Å². The van der Waals surface area contributed by atoms with E-state index in [1.807, 2.05) is 6.21 Å². The second-order valence-corrected chi connectivity index (χ2v) is 10.3. The van der Waals surface area contributed by atoms with Crippen molar-refractivity contribution in [1.82, 2.24) is 15.3 Å². The van der Waals surface area contributed by atoms with Crippen LogP contribution < -0.4 is 5.32 Å². The van der Waals surface area contributed by atoms with Crippen LogP contribution >= 0.6 is 0 Å². The number of aliphatic imine (C=N–C) groups is 1. The van der Waals surface area contributed by atoms with E-state index in [1.54, 1.807) is 6.20 Å². The summed E-state index contributed by atoms with van der Waals surface area (Å²) in [6.07, 6.45) is 6.47. The number of allylic oxidation sites excluding steroid dienone is 2. The fraction of sp³-hybridized carbons (Fsp3) is 0.200. The van der Waals surface area contributed by atoms with Gasteiger partial charge in [-0.25, -0.2) is 4.98 Å². The molecule has 2 N–H and O–H groups in total. The molecule has 0 bridgehead atoms. The van der Waals surface area contributed by atoms with Crippen molar-refractivity contribution in [2.24, 2.45) is 4.99 Å². The fourth-order valence-electron chi connectivity index (χ4n) is 5.10. The monoisotopic (exact) mass is 512 g/mol. The normalized spacial score (nSPS) is 12.3. The van der Waals surface area contributed by atoms with Crippen molar-refractivity contribution in [2.75, 3.05) is 0 Å². The average Bonchev–Trinajstić information content (AvgIpc) is 3.41. The Labute approximate surface area is 230 Å². The zero-order valence-electron chi connectivity index (χ0n) is 23.5. The van der Waals surface area contributed by atoms with Crippen LogP contribution in [0.3, 0.4) is 0 Å². The molecule has 0 radical (unpaired) electrons. The highest BCUT2D eigenvalue weighted by atomic mass is 14.9. The molecule has 4 heteroatoms. The molecule has 0 unspecified atom stereocenters. The minimum atomic E-state index is 0.319. The van der Waals surface area contributed by atoms with E-state index in [0.29, 0.717) is 5.92 Å². The molecule has 0 saturated carbocycles. The highest BCUT2D eigenvalue weighted by Gasteiger charge is 2.17. The largest absolute Gasteiger partial charge is 0.359 e. The van der Waals surface area contributed by atoms with Gasteiger partial charge in [0.25, 0.3) is 0 Å². The number of aryl methyl sites for hydroxylation is 1. The van der Waals surface area contributed by atoms with Gasteiger partial charge in [0, 0.05) is 40.7 Å². The van der Waals surface area contributed by atoms with Crippen LogP contribution in [0.15, 0.2) is 90.7 Å². The van der Waals surface area contributed by atoms with E-state index in [4.69, 9.17) is 4.98 Å². The second-order valence-electron chi connectivity index (χ2n) is 10.3. The summed E-state index contributed by atoms with van der Waals surface area (Å²) in [7, 11) is 0. The Morgan fingerprint density at radius 1 is 1.03 bits per heavy atom. The maximum Gasteiger partial charge on any atom is 0.109 e. The molecule has 4 aromatic carbocycles. The number of aromatic nitrogens is 2. The molecular formula is C35H36N4. The summed E-state index contributed by atoms with van der Waals surface area (Å²) in [6.45, 7) is 18.5. The third-order valence-electron chi connectivity index (χ3n) is 7.43. The van der Waals surface area contributed by atoms with E-state index in [2.05, 4.69) is 124 Å². The Balaban J connectivity index is 1.62. The smallest absolute Gasteiger partial charge is 0.109 e. The third-order valence-corrected chi connectivity index (χ3v) is 7.43. The van der Waals surface area contributed by atoms with Crippen LogP contribution in [0, 0.1) is 6.92 Å². The number of nitrogens with one attached hydrogen (secondary N) is 2. The van der Waals surface area contributed by atoms with Crippen LogP contribution in [0.2, 0.25) is 0 Å². The lowest BCUT2D eigenvalue weighted by Gasteiger charge is -2.14. The fourth-order valence-corrected chi connectivity index (χ4v) is 5.10. The van der Waals surface area contributed by atoms with Crippen molar-refractivity contribution in [3.63, 3.8) is 0 Å². The molecule has 39 heavy (non-hydrogen) atoms. The lowest BCUT2D eigenvalue weighted by Crippen LogP contribution is -2.10. The summed E-state index contributed by atoms with van der Waals surface area (Å²) in [5.41, 5.74) is 9.87. The highest BCUT2D eigenvalue weighted by molar-refractivity contribution is 6.15. The first-order chi connectivity index (χ1) is 18.8. The summed E-state index contributed by atoms with van der Waals surface area (Å²) in [5.74, 6) is 1.32. The number of hydrogen-bond donors (Lipinski definition) is 2. The molecule has 5 aromatic rings. The second kappa shape index (κ2) is 10.7. The molecule has 0 atom stereocenters. The van der Waals surface area contributed by atoms with Crippen LogP contribution in [-0.2, 0) is 0 Å². The molecular weight excluding hydrogens is 476 g/mol. The SMILES string of the molecule is C=CN=Cc1c(C)c2nc(C(C)C)[nH]c2c2ccc(-c3ccc4cc(/C(=C/C)NC(=C)CC)ccc4c3)cc12. The Bertz CT molecular complexity index is 1800. The van der Waals surface area contributed by atoms with Gasteiger partial charge in [0.1, 0.15) is 5.82 Å². The first-order valence-corrected chi connectivity index (χ1v) is 13.6. The minimum Gasteiger partial charge on any atom is -0.359 e. The number of imidazole rings is 1. The molecule has 0 fully saturated rings. The Morgan fingerprint density at radius 3 is 2.46 bits per heavy atom. The van der Waals surface area contributed by atoms with Crippen LogP contribution in [0.4, 0.5) is 0 Å². The average molecular weight is 513 g/mol. The highest BCUT2D eigenvalue weighted by Crippen LogP contribution is 2.35.